The van der Waals surface area contributed by atoms with Crippen molar-refractivity contribution in [1.82, 2.24) is 4.90 Å². The average Bonchev–Trinajstić information content (AvgIpc) is 2.72. The van der Waals surface area contributed by atoms with Gasteiger partial charge in [0.2, 0.25) is 5.91 Å². The van der Waals surface area contributed by atoms with E-state index in [1.165, 1.54) is 19.1 Å². The van der Waals surface area contributed by atoms with Crippen LogP contribution in [0.2, 0.25) is 0 Å². The molecule has 1 saturated heterocycles. The van der Waals surface area contributed by atoms with Crippen LogP contribution in [0.1, 0.15) is 12.5 Å². The first kappa shape index (κ1) is 20.4. The quantitative estimate of drug-likeness (QED) is 0.596. The Morgan fingerprint density at radius 1 is 1.17 bits per heavy atom. The number of hydrogen-bond donors (Lipinski definition) is 2. The second kappa shape index (κ2) is 9.27. The summed E-state index contributed by atoms with van der Waals surface area (Å²) in [5.74, 6) is 0.685. The van der Waals surface area contributed by atoms with Crippen molar-refractivity contribution in [3.8, 4) is 5.75 Å². The molecule has 154 valence electrons. The van der Waals surface area contributed by atoms with Gasteiger partial charge in [0, 0.05) is 38.8 Å². The molecule has 1 aliphatic heterocycles. The summed E-state index contributed by atoms with van der Waals surface area (Å²) in [6.45, 7) is 4.92. The largest absolute Gasteiger partial charge is 0.495 e. The molecule has 1 heterocycles. The number of nitrogens with zero attached hydrogens (tertiary/aromatic N) is 3. The van der Waals surface area contributed by atoms with Gasteiger partial charge in [0.05, 0.1) is 19.3 Å². The van der Waals surface area contributed by atoms with Gasteiger partial charge in [0.25, 0.3) is 0 Å². The van der Waals surface area contributed by atoms with E-state index in [4.69, 9.17) is 10.5 Å². The summed E-state index contributed by atoms with van der Waals surface area (Å²) in [4.78, 5) is 20.1. The predicted molar refractivity (Wildman–Crippen MR) is 113 cm³/mol. The minimum Gasteiger partial charge on any atom is -0.495 e. The maximum atomic E-state index is 13.1. The minimum absolute atomic E-state index is 0.164. The molecule has 29 heavy (non-hydrogen) atoms. The van der Waals surface area contributed by atoms with Gasteiger partial charge in [0.15, 0.2) is 5.96 Å². The highest BCUT2D eigenvalue weighted by Crippen LogP contribution is 2.26. The second-order valence-electron chi connectivity index (χ2n) is 6.84. The zero-order chi connectivity index (χ0) is 20.8. The van der Waals surface area contributed by atoms with Crippen LogP contribution in [0.3, 0.4) is 0 Å². The summed E-state index contributed by atoms with van der Waals surface area (Å²) in [6.07, 6.45) is 0. The fourth-order valence-electron chi connectivity index (χ4n) is 3.26. The monoisotopic (exact) mass is 399 g/mol. The molecule has 3 N–H and O–H groups in total. The number of carbonyl (C=O) groups is 1. The van der Waals surface area contributed by atoms with Crippen LogP contribution in [-0.4, -0.2) is 50.1 Å². The molecule has 0 aliphatic carbocycles. The highest BCUT2D eigenvalue weighted by Gasteiger charge is 2.18. The van der Waals surface area contributed by atoms with Gasteiger partial charge in [-0.15, -0.1) is 0 Å². The van der Waals surface area contributed by atoms with Crippen molar-refractivity contribution in [1.29, 1.82) is 0 Å². The van der Waals surface area contributed by atoms with Gasteiger partial charge < -0.3 is 25.6 Å². The van der Waals surface area contributed by atoms with Crippen LogP contribution in [0, 0.1) is 5.82 Å². The van der Waals surface area contributed by atoms with Crippen molar-refractivity contribution >= 4 is 23.2 Å². The van der Waals surface area contributed by atoms with Gasteiger partial charge in [-0.25, -0.2) is 9.38 Å². The maximum absolute atomic E-state index is 13.1. The summed E-state index contributed by atoms with van der Waals surface area (Å²) < 4.78 is 18.4. The molecule has 1 aliphatic rings. The standard InChI is InChI=1S/C21H26FN5O2/c1-15(28)25-19-13-16(3-8-20(19)29-2)14-24-21(23)27-11-9-26(10-12-27)18-6-4-17(22)5-7-18/h3-8,13H,9-12,14H2,1-2H3,(H2,23,24)(H,25,28). The van der Waals surface area contributed by atoms with Crippen molar-refractivity contribution in [3.05, 3.63) is 53.8 Å². The molecule has 2 aromatic rings. The van der Waals surface area contributed by atoms with Crippen LogP contribution >= 0.6 is 0 Å². The van der Waals surface area contributed by atoms with Crippen LogP contribution in [0.15, 0.2) is 47.5 Å². The first-order valence-electron chi connectivity index (χ1n) is 9.46. The molecule has 1 fully saturated rings. The van der Waals surface area contributed by atoms with Gasteiger partial charge in [-0.1, -0.05) is 6.07 Å². The van der Waals surface area contributed by atoms with Gasteiger partial charge >= 0.3 is 0 Å². The Hall–Kier alpha value is -3.29. The first-order valence-corrected chi connectivity index (χ1v) is 9.46. The second-order valence-corrected chi connectivity index (χ2v) is 6.84. The number of rotatable bonds is 5. The van der Waals surface area contributed by atoms with E-state index in [9.17, 15) is 9.18 Å². The third-order valence-corrected chi connectivity index (χ3v) is 4.79. The van der Waals surface area contributed by atoms with Crippen molar-refractivity contribution in [3.63, 3.8) is 0 Å². The molecule has 0 atom stereocenters. The van der Waals surface area contributed by atoms with Gasteiger partial charge in [-0.3, -0.25) is 4.79 Å². The van der Waals surface area contributed by atoms with Crippen molar-refractivity contribution < 1.29 is 13.9 Å². The van der Waals surface area contributed by atoms with Crippen LogP contribution in [0.4, 0.5) is 15.8 Å². The molecule has 0 spiro atoms. The third-order valence-electron chi connectivity index (χ3n) is 4.79. The Labute approximate surface area is 170 Å². The molecule has 0 aromatic heterocycles. The number of methoxy groups -OCH3 is 1. The Bertz CT molecular complexity index is 877. The van der Waals surface area contributed by atoms with Crippen molar-refractivity contribution in [2.45, 2.75) is 13.5 Å². The summed E-state index contributed by atoms with van der Waals surface area (Å²) in [7, 11) is 1.56. The van der Waals surface area contributed by atoms with Gasteiger partial charge in [0.1, 0.15) is 11.6 Å². The van der Waals surface area contributed by atoms with E-state index in [2.05, 4.69) is 15.2 Å². The average molecular weight is 399 g/mol. The number of benzene rings is 2. The number of halogens is 1. The molecule has 0 bridgehead atoms. The molecule has 0 unspecified atom stereocenters. The number of amides is 1. The van der Waals surface area contributed by atoms with Crippen LogP contribution < -0.4 is 20.7 Å². The maximum Gasteiger partial charge on any atom is 0.221 e. The van der Waals surface area contributed by atoms with Crippen LogP contribution in [-0.2, 0) is 11.3 Å². The molecule has 8 heteroatoms. The lowest BCUT2D eigenvalue weighted by Gasteiger charge is -2.36. The number of hydrogen-bond acceptors (Lipinski definition) is 4. The predicted octanol–water partition coefficient (Wildman–Crippen LogP) is 2.43. The topological polar surface area (TPSA) is 83.2 Å². The summed E-state index contributed by atoms with van der Waals surface area (Å²) >= 11 is 0. The van der Waals surface area contributed by atoms with E-state index in [1.807, 2.05) is 17.0 Å². The van der Waals surface area contributed by atoms with Gasteiger partial charge in [-0.2, -0.15) is 0 Å². The van der Waals surface area contributed by atoms with E-state index >= 15 is 0 Å². The molecule has 1 amide bonds. The third kappa shape index (κ3) is 5.37. The molecular weight excluding hydrogens is 373 g/mol. The highest BCUT2D eigenvalue weighted by molar-refractivity contribution is 5.90. The zero-order valence-corrected chi connectivity index (χ0v) is 16.7. The molecule has 0 saturated carbocycles. The zero-order valence-electron chi connectivity index (χ0n) is 16.7. The fraction of sp³-hybridized carbons (Fsp3) is 0.333. The number of guanidine groups is 1. The summed E-state index contributed by atoms with van der Waals surface area (Å²) in [6, 6.07) is 12.1. The molecule has 2 aromatic carbocycles. The fourth-order valence-corrected chi connectivity index (χ4v) is 3.26. The van der Waals surface area contributed by atoms with Crippen LogP contribution in [0.5, 0.6) is 5.75 Å². The number of nitrogens with two attached hydrogens (primary N) is 1. The van der Waals surface area contributed by atoms with E-state index in [0.29, 0.717) is 23.9 Å². The lowest BCUT2D eigenvalue weighted by molar-refractivity contribution is -0.114. The van der Waals surface area contributed by atoms with Crippen molar-refractivity contribution in [2.24, 2.45) is 10.7 Å². The Morgan fingerprint density at radius 3 is 2.48 bits per heavy atom. The SMILES string of the molecule is COc1ccc(CN=C(N)N2CCN(c3ccc(F)cc3)CC2)cc1NC(C)=O. The minimum atomic E-state index is -0.232. The number of ether oxygens (including phenoxy) is 1. The van der Waals surface area contributed by atoms with Crippen LogP contribution in [0.25, 0.3) is 0 Å². The molecule has 0 radical (unpaired) electrons. The Morgan fingerprint density at radius 2 is 1.86 bits per heavy atom. The number of nitrogens with one attached hydrogen (secondary N) is 1. The molecular formula is C21H26FN5O2. The summed E-state index contributed by atoms with van der Waals surface area (Å²) in [5.41, 5.74) is 8.72. The Balaban J connectivity index is 1.59. The number of anilines is 2. The van der Waals surface area contributed by atoms with E-state index in [-0.39, 0.29) is 11.7 Å². The lowest BCUT2D eigenvalue weighted by atomic mass is 10.2. The van der Waals surface area contributed by atoms with Crippen molar-refractivity contribution in [2.75, 3.05) is 43.5 Å². The summed E-state index contributed by atoms with van der Waals surface area (Å²) in [5, 5.41) is 2.76. The normalized spacial score (nSPS) is 14.7. The first-order chi connectivity index (χ1) is 14.0. The van der Waals surface area contributed by atoms with Gasteiger partial charge in [-0.05, 0) is 42.0 Å². The molecule has 3 rings (SSSR count). The van der Waals surface area contributed by atoms with E-state index in [0.717, 1.165) is 37.4 Å². The molecule has 7 nitrogen and oxygen atoms in total. The van der Waals surface area contributed by atoms with E-state index < -0.39 is 0 Å². The lowest BCUT2D eigenvalue weighted by Crippen LogP contribution is -2.51. The van der Waals surface area contributed by atoms with E-state index in [1.54, 1.807) is 25.3 Å². The highest BCUT2D eigenvalue weighted by atomic mass is 19.1. The Kier molecular flexibility index (Phi) is 6.54. The number of carbonyl (C=O) groups excluding carboxylic acids is 1. The number of piperazine rings is 1. The number of aliphatic imine (C=N–C) groups is 1. The smallest absolute Gasteiger partial charge is 0.221 e.